The van der Waals surface area contributed by atoms with E-state index in [9.17, 15) is 0 Å². The summed E-state index contributed by atoms with van der Waals surface area (Å²) in [7, 11) is 0. The van der Waals surface area contributed by atoms with Gasteiger partial charge in [0.1, 0.15) is 5.82 Å². The fourth-order valence-corrected chi connectivity index (χ4v) is 2.78. The number of nitrogens with zero attached hydrogens (tertiary/aromatic N) is 2. The van der Waals surface area contributed by atoms with Gasteiger partial charge in [-0.15, -0.1) is 11.3 Å². The van der Waals surface area contributed by atoms with Crippen LogP contribution in [0, 0.1) is 0 Å². The zero-order valence-corrected chi connectivity index (χ0v) is 10.9. The van der Waals surface area contributed by atoms with Crippen molar-refractivity contribution in [2.45, 2.75) is 18.8 Å². The molecule has 5 heteroatoms. The minimum atomic E-state index is 0.542. The number of anilines is 1. The number of nitrogens with two attached hydrogens (primary N) is 1. The summed E-state index contributed by atoms with van der Waals surface area (Å²) >= 11 is 5.11. The molecular formula is C11H10BrN3S. The zero-order valence-electron chi connectivity index (χ0n) is 8.48. The lowest BCUT2D eigenvalue weighted by Crippen LogP contribution is -2.01. The van der Waals surface area contributed by atoms with Crippen LogP contribution in [0.3, 0.4) is 0 Å². The smallest absolute Gasteiger partial charge is 0.171 e. The molecule has 0 aliphatic heterocycles. The van der Waals surface area contributed by atoms with E-state index < -0.39 is 0 Å². The standard InChI is InChI=1S/C11H10BrN3S/c12-8-9(6-3-4-6)14-11(15-10(8)13)7-2-1-5-16-7/h1-2,5-6H,3-4H2,(H2,13,14,15). The Kier molecular flexibility index (Phi) is 2.44. The second-order valence-electron chi connectivity index (χ2n) is 3.88. The number of aromatic nitrogens is 2. The van der Waals surface area contributed by atoms with E-state index in [1.54, 1.807) is 11.3 Å². The second kappa shape index (κ2) is 3.82. The van der Waals surface area contributed by atoms with Crippen LogP contribution in [0.25, 0.3) is 10.7 Å². The normalized spacial score (nSPS) is 15.3. The van der Waals surface area contributed by atoms with E-state index in [2.05, 4.69) is 25.9 Å². The van der Waals surface area contributed by atoms with Crippen molar-refractivity contribution in [3.05, 3.63) is 27.7 Å². The van der Waals surface area contributed by atoms with Gasteiger partial charge in [-0.3, -0.25) is 0 Å². The molecule has 2 heterocycles. The summed E-state index contributed by atoms with van der Waals surface area (Å²) in [5.41, 5.74) is 6.97. The lowest BCUT2D eigenvalue weighted by molar-refractivity contribution is 0.986. The predicted molar refractivity (Wildman–Crippen MR) is 69.4 cm³/mol. The van der Waals surface area contributed by atoms with Crippen LogP contribution in [0.5, 0.6) is 0 Å². The number of hydrogen-bond acceptors (Lipinski definition) is 4. The van der Waals surface area contributed by atoms with Gasteiger partial charge in [-0.2, -0.15) is 0 Å². The molecule has 0 radical (unpaired) electrons. The molecular weight excluding hydrogens is 286 g/mol. The Hall–Kier alpha value is -0.940. The van der Waals surface area contributed by atoms with Gasteiger partial charge in [0.05, 0.1) is 15.0 Å². The summed E-state index contributed by atoms with van der Waals surface area (Å²) in [6, 6.07) is 4.02. The number of rotatable bonds is 2. The molecule has 1 aliphatic rings. The highest BCUT2D eigenvalue weighted by Gasteiger charge is 2.29. The summed E-state index contributed by atoms with van der Waals surface area (Å²) in [4.78, 5) is 10.00. The molecule has 2 aromatic rings. The molecule has 0 unspecified atom stereocenters. The molecule has 3 rings (SSSR count). The molecule has 1 aliphatic carbocycles. The highest BCUT2D eigenvalue weighted by molar-refractivity contribution is 9.10. The topological polar surface area (TPSA) is 51.8 Å². The van der Waals surface area contributed by atoms with Gasteiger partial charge in [-0.1, -0.05) is 6.07 Å². The summed E-state index contributed by atoms with van der Waals surface area (Å²) in [6.07, 6.45) is 2.41. The highest BCUT2D eigenvalue weighted by atomic mass is 79.9. The van der Waals surface area contributed by atoms with Gasteiger partial charge in [0, 0.05) is 5.92 Å². The number of hydrogen-bond donors (Lipinski definition) is 1. The van der Waals surface area contributed by atoms with Crippen LogP contribution in [0.15, 0.2) is 22.0 Å². The third-order valence-corrected chi connectivity index (χ3v) is 4.29. The average molecular weight is 296 g/mol. The molecule has 1 saturated carbocycles. The van der Waals surface area contributed by atoms with Gasteiger partial charge in [0.25, 0.3) is 0 Å². The summed E-state index contributed by atoms with van der Waals surface area (Å²) < 4.78 is 0.871. The number of halogens is 1. The van der Waals surface area contributed by atoms with Crippen LogP contribution < -0.4 is 5.73 Å². The maximum Gasteiger partial charge on any atom is 0.171 e. The van der Waals surface area contributed by atoms with Crippen molar-refractivity contribution in [3.63, 3.8) is 0 Å². The van der Waals surface area contributed by atoms with Crippen molar-refractivity contribution in [2.24, 2.45) is 0 Å². The first-order valence-corrected chi connectivity index (χ1v) is 6.80. The fraction of sp³-hybridized carbons (Fsp3) is 0.273. The Morgan fingerprint density at radius 1 is 1.38 bits per heavy atom. The molecule has 0 atom stereocenters. The van der Waals surface area contributed by atoms with Crippen LogP contribution in [-0.2, 0) is 0 Å². The SMILES string of the molecule is Nc1nc(-c2cccs2)nc(C2CC2)c1Br. The molecule has 1 fully saturated rings. The number of nitrogen functional groups attached to an aromatic ring is 1. The molecule has 82 valence electrons. The third-order valence-electron chi connectivity index (χ3n) is 2.61. The van der Waals surface area contributed by atoms with Crippen molar-refractivity contribution >= 4 is 33.1 Å². The predicted octanol–water partition coefficient (Wildman–Crippen LogP) is 3.43. The molecule has 0 saturated heterocycles. The first-order chi connectivity index (χ1) is 7.75. The minimum absolute atomic E-state index is 0.542. The Bertz CT molecular complexity index is 520. The molecule has 2 N–H and O–H groups in total. The van der Waals surface area contributed by atoms with Crippen LogP contribution in [0.1, 0.15) is 24.5 Å². The maximum atomic E-state index is 5.90. The largest absolute Gasteiger partial charge is 0.383 e. The number of thiophene rings is 1. The monoisotopic (exact) mass is 295 g/mol. The quantitative estimate of drug-likeness (QED) is 0.923. The zero-order chi connectivity index (χ0) is 11.1. The van der Waals surface area contributed by atoms with Crippen molar-refractivity contribution in [1.82, 2.24) is 9.97 Å². The van der Waals surface area contributed by atoms with E-state index in [4.69, 9.17) is 5.73 Å². The maximum absolute atomic E-state index is 5.90. The molecule has 16 heavy (non-hydrogen) atoms. The average Bonchev–Trinajstić information content (AvgIpc) is 2.96. The van der Waals surface area contributed by atoms with Crippen molar-refractivity contribution in [3.8, 4) is 10.7 Å². The van der Waals surface area contributed by atoms with E-state index in [1.807, 2.05) is 17.5 Å². The first kappa shape index (κ1) is 10.2. The van der Waals surface area contributed by atoms with Gasteiger partial charge < -0.3 is 5.73 Å². The molecule has 0 spiro atoms. The van der Waals surface area contributed by atoms with Gasteiger partial charge >= 0.3 is 0 Å². The van der Waals surface area contributed by atoms with E-state index in [-0.39, 0.29) is 0 Å². The van der Waals surface area contributed by atoms with E-state index in [1.165, 1.54) is 12.8 Å². The van der Waals surface area contributed by atoms with Crippen molar-refractivity contribution < 1.29 is 0 Å². The van der Waals surface area contributed by atoms with Crippen LogP contribution >= 0.6 is 27.3 Å². The summed E-state index contributed by atoms with van der Waals surface area (Å²) in [5.74, 6) is 1.86. The van der Waals surface area contributed by atoms with Gasteiger partial charge in [-0.05, 0) is 40.2 Å². The minimum Gasteiger partial charge on any atom is -0.383 e. The van der Waals surface area contributed by atoms with Crippen LogP contribution in [0.4, 0.5) is 5.82 Å². The van der Waals surface area contributed by atoms with Crippen LogP contribution in [0.2, 0.25) is 0 Å². The lowest BCUT2D eigenvalue weighted by atomic mass is 10.2. The summed E-state index contributed by atoms with van der Waals surface area (Å²) in [6.45, 7) is 0. The molecule has 3 nitrogen and oxygen atoms in total. The fourth-order valence-electron chi connectivity index (χ4n) is 1.63. The Balaban J connectivity index is 2.13. The van der Waals surface area contributed by atoms with Gasteiger partial charge in [-0.25, -0.2) is 9.97 Å². The molecule has 0 amide bonds. The lowest BCUT2D eigenvalue weighted by Gasteiger charge is -2.06. The summed E-state index contributed by atoms with van der Waals surface area (Å²) in [5, 5.41) is 2.02. The first-order valence-electron chi connectivity index (χ1n) is 5.12. The van der Waals surface area contributed by atoms with E-state index >= 15 is 0 Å². The van der Waals surface area contributed by atoms with E-state index in [0.717, 1.165) is 20.9 Å². The molecule has 0 bridgehead atoms. The second-order valence-corrected chi connectivity index (χ2v) is 5.62. The van der Waals surface area contributed by atoms with Gasteiger partial charge in [0.2, 0.25) is 0 Å². The highest BCUT2D eigenvalue weighted by Crippen LogP contribution is 2.44. The van der Waals surface area contributed by atoms with Crippen LogP contribution in [-0.4, -0.2) is 9.97 Å². The van der Waals surface area contributed by atoms with Crippen molar-refractivity contribution in [1.29, 1.82) is 0 Å². The Morgan fingerprint density at radius 2 is 2.19 bits per heavy atom. The van der Waals surface area contributed by atoms with Crippen molar-refractivity contribution in [2.75, 3.05) is 5.73 Å². The Labute approximate surface area is 106 Å². The Morgan fingerprint density at radius 3 is 2.81 bits per heavy atom. The third kappa shape index (κ3) is 1.74. The molecule has 2 aromatic heterocycles. The van der Waals surface area contributed by atoms with Gasteiger partial charge in [0.15, 0.2) is 5.82 Å². The van der Waals surface area contributed by atoms with E-state index in [0.29, 0.717) is 11.7 Å². The molecule has 0 aromatic carbocycles.